The minimum atomic E-state index is 0. The zero-order valence-corrected chi connectivity index (χ0v) is 13.6. The summed E-state index contributed by atoms with van der Waals surface area (Å²) in [7, 11) is 0. The maximum Gasteiger partial charge on any atom is 0.221 e. The lowest BCUT2D eigenvalue weighted by Gasteiger charge is -2.18. The van der Waals surface area contributed by atoms with E-state index in [9.17, 15) is 4.79 Å². The number of rotatable bonds is 6. The Labute approximate surface area is 135 Å². The zero-order valence-electron chi connectivity index (χ0n) is 12.0. The van der Waals surface area contributed by atoms with Gasteiger partial charge >= 0.3 is 0 Å². The van der Waals surface area contributed by atoms with Crippen LogP contribution in [-0.2, 0) is 4.79 Å². The number of nitrogens with one attached hydrogen (secondary N) is 1. The van der Waals surface area contributed by atoms with Gasteiger partial charge < -0.3 is 20.5 Å². The normalized spacial score (nSPS) is 14.0. The molecule has 0 fully saturated rings. The molecule has 0 saturated carbocycles. The third-order valence-electron chi connectivity index (χ3n) is 2.87. The standard InChI is InChI=1S/C14H20N2O3S.ClH/c1-10(9-15)16-14(17)4-7-20-11-2-3-12-13(8-11)19-6-5-18-12;/h2-3,8,10H,4-7,9,15H2,1H3,(H,16,17);1H/t10-;/m0./s1. The van der Waals surface area contributed by atoms with Crippen LogP contribution in [0, 0.1) is 0 Å². The molecule has 2 rings (SSSR count). The summed E-state index contributed by atoms with van der Waals surface area (Å²) < 4.78 is 11.0. The van der Waals surface area contributed by atoms with Crippen molar-refractivity contribution in [1.82, 2.24) is 5.32 Å². The van der Waals surface area contributed by atoms with Crippen LogP contribution in [0.25, 0.3) is 0 Å². The molecule has 0 spiro atoms. The number of halogens is 1. The molecule has 1 aromatic rings. The monoisotopic (exact) mass is 332 g/mol. The van der Waals surface area contributed by atoms with Gasteiger partial charge in [-0.15, -0.1) is 24.2 Å². The number of fused-ring (bicyclic) bond motifs is 1. The first-order chi connectivity index (χ1) is 9.69. The molecule has 0 bridgehead atoms. The topological polar surface area (TPSA) is 73.6 Å². The van der Waals surface area contributed by atoms with Crippen molar-refractivity contribution in [1.29, 1.82) is 0 Å². The van der Waals surface area contributed by atoms with Gasteiger partial charge in [0.25, 0.3) is 0 Å². The van der Waals surface area contributed by atoms with E-state index in [0.717, 1.165) is 22.1 Å². The van der Waals surface area contributed by atoms with E-state index >= 15 is 0 Å². The molecule has 1 amide bonds. The lowest BCUT2D eigenvalue weighted by molar-refractivity contribution is -0.121. The Morgan fingerprint density at radius 2 is 2.10 bits per heavy atom. The van der Waals surface area contributed by atoms with Crippen molar-refractivity contribution in [3.63, 3.8) is 0 Å². The van der Waals surface area contributed by atoms with Gasteiger partial charge in [0.05, 0.1) is 0 Å². The average molecular weight is 333 g/mol. The van der Waals surface area contributed by atoms with E-state index in [2.05, 4.69) is 5.32 Å². The van der Waals surface area contributed by atoms with E-state index in [1.807, 2.05) is 25.1 Å². The van der Waals surface area contributed by atoms with Crippen LogP contribution in [0.15, 0.2) is 23.1 Å². The summed E-state index contributed by atoms with van der Waals surface area (Å²) in [5, 5.41) is 2.84. The zero-order chi connectivity index (χ0) is 14.4. The minimum absolute atomic E-state index is 0. The number of benzene rings is 1. The molecule has 1 heterocycles. The molecule has 1 aliphatic rings. The summed E-state index contributed by atoms with van der Waals surface area (Å²) >= 11 is 1.63. The Balaban J connectivity index is 0.00000220. The quantitative estimate of drug-likeness (QED) is 0.777. The van der Waals surface area contributed by atoms with Gasteiger partial charge in [0.15, 0.2) is 11.5 Å². The van der Waals surface area contributed by atoms with Crippen LogP contribution in [0.1, 0.15) is 13.3 Å². The van der Waals surface area contributed by atoms with Crippen LogP contribution in [0.2, 0.25) is 0 Å². The highest BCUT2D eigenvalue weighted by Crippen LogP contribution is 2.34. The highest BCUT2D eigenvalue weighted by atomic mass is 35.5. The second kappa shape index (κ2) is 9.02. The lowest BCUT2D eigenvalue weighted by Crippen LogP contribution is -2.37. The van der Waals surface area contributed by atoms with Gasteiger partial charge in [-0.2, -0.15) is 0 Å². The SMILES string of the molecule is C[C@@H](CN)NC(=O)CCSc1ccc2c(c1)OCCO2.Cl. The maximum atomic E-state index is 11.6. The molecule has 1 aromatic carbocycles. The molecule has 118 valence electrons. The Morgan fingerprint density at radius 3 is 2.81 bits per heavy atom. The van der Waals surface area contributed by atoms with Gasteiger partial charge in [-0.1, -0.05) is 0 Å². The summed E-state index contributed by atoms with van der Waals surface area (Å²) in [5.41, 5.74) is 5.46. The van der Waals surface area contributed by atoms with Crippen molar-refractivity contribution >= 4 is 30.1 Å². The molecule has 3 N–H and O–H groups in total. The highest BCUT2D eigenvalue weighted by molar-refractivity contribution is 7.99. The lowest BCUT2D eigenvalue weighted by atomic mass is 10.3. The summed E-state index contributed by atoms with van der Waals surface area (Å²) in [5.74, 6) is 2.33. The highest BCUT2D eigenvalue weighted by Gasteiger charge is 2.12. The smallest absolute Gasteiger partial charge is 0.221 e. The Hall–Kier alpha value is -1.11. The molecular weight excluding hydrogens is 312 g/mol. The number of ether oxygens (including phenoxy) is 2. The molecule has 1 atom stereocenters. The van der Waals surface area contributed by atoms with Crippen molar-refractivity contribution in [3.05, 3.63) is 18.2 Å². The number of hydrogen-bond donors (Lipinski definition) is 2. The molecule has 0 aromatic heterocycles. The third-order valence-corrected chi connectivity index (χ3v) is 3.87. The number of thioether (sulfide) groups is 1. The number of carbonyl (C=O) groups excluding carboxylic acids is 1. The first kappa shape index (κ1) is 17.9. The molecule has 0 aliphatic carbocycles. The van der Waals surface area contributed by atoms with Gasteiger partial charge in [0.1, 0.15) is 13.2 Å². The molecule has 7 heteroatoms. The van der Waals surface area contributed by atoms with E-state index in [0.29, 0.717) is 26.2 Å². The van der Waals surface area contributed by atoms with Gasteiger partial charge in [-0.3, -0.25) is 4.79 Å². The first-order valence-electron chi connectivity index (χ1n) is 6.71. The molecule has 5 nitrogen and oxygen atoms in total. The van der Waals surface area contributed by atoms with Crippen LogP contribution in [0.3, 0.4) is 0 Å². The van der Waals surface area contributed by atoms with Crippen LogP contribution in [0.4, 0.5) is 0 Å². The third kappa shape index (κ3) is 5.65. The number of nitrogens with two attached hydrogens (primary N) is 1. The fraction of sp³-hybridized carbons (Fsp3) is 0.500. The van der Waals surface area contributed by atoms with Crippen LogP contribution >= 0.6 is 24.2 Å². The minimum Gasteiger partial charge on any atom is -0.486 e. The Morgan fingerprint density at radius 1 is 1.38 bits per heavy atom. The average Bonchev–Trinajstić information content (AvgIpc) is 2.47. The molecule has 0 radical (unpaired) electrons. The Bertz CT molecular complexity index is 474. The fourth-order valence-corrected chi connectivity index (χ4v) is 2.66. The molecular formula is C14H21ClN2O3S. The van der Waals surface area contributed by atoms with Gasteiger partial charge in [-0.25, -0.2) is 0 Å². The second-order valence-corrected chi connectivity index (χ2v) is 5.78. The van der Waals surface area contributed by atoms with Gasteiger partial charge in [0.2, 0.25) is 5.91 Å². The van der Waals surface area contributed by atoms with Crippen molar-refractivity contribution in [2.24, 2.45) is 5.73 Å². The maximum absolute atomic E-state index is 11.6. The summed E-state index contributed by atoms with van der Waals surface area (Å²) in [4.78, 5) is 12.7. The van der Waals surface area contributed by atoms with Gasteiger partial charge in [0, 0.05) is 29.7 Å². The van der Waals surface area contributed by atoms with E-state index in [1.165, 1.54) is 0 Å². The summed E-state index contributed by atoms with van der Waals surface area (Å²) in [6.07, 6.45) is 0.476. The van der Waals surface area contributed by atoms with Crippen LogP contribution < -0.4 is 20.5 Å². The van der Waals surface area contributed by atoms with Crippen molar-refractivity contribution < 1.29 is 14.3 Å². The van der Waals surface area contributed by atoms with Gasteiger partial charge in [-0.05, 0) is 25.1 Å². The van der Waals surface area contributed by atoms with E-state index < -0.39 is 0 Å². The van der Waals surface area contributed by atoms with Crippen molar-refractivity contribution in [2.75, 3.05) is 25.5 Å². The number of amides is 1. The van der Waals surface area contributed by atoms with Crippen molar-refractivity contribution in [2.45, 2.75) is 24.3 Å². The van der Waals surface area contributed by atoms with Crippen LogP contribution in [0.5, 0.6) is 11.5 Å². The predicted octanol–water partition coefficient (Wildman–Crippen LogP) is 1.83. The Kier molecular flexibility index (Phi) is 7.71. The molecule has 0 saturated heterocycles. The molecule has 1 aliphatic heterocycles. The predicted molar refractivity (Wildman–Crippen MR) is 86.7 cm³/mol. The fourth-order valence-electron chi connectivity index (χ4n) is 1.78. The summed E-state index contributed by atoms with van der Waals surface area (Å²) in [6, 6.07) is 5.88. The first-order valence-corrected chi connectivity index (χ1v) is 7.69. The number of carbonyl (C=O) groups is 1. The largest absolute Gasteiger partial charge is 0.486 e. The van der Waals surface area contributed by atoms with E-state index in [-0.39, 0.29) is 24.4 Å². The molecule has 21 heavy (non-hydrogen) atoms. The van der Waals surface area contributed by atoms with E-state index in [4.69, 9.17) is 15.2 Å². The van der Waals surface area contributed by atoms with Crippen molar-refractivity contribution in [3.8, 4) is 11.5 Å². The molecule has 0 unspecified atom stereocenters. The summed E-state index contributed by atoms with van der Waals surface area (Å²) in [6.45, 7) is 3.53. The number of hydrogen-bond acceptors (Lipinski definition) is 5. The second-order valence-electron chi connectivity index (χ2n) is 4.61. The van der Waals surface area contributed by atoms with E-state index in [1.54, 1.807) is 11.8 Å². The van der Waals surface area contributed by atoms with Crippen LogP contribution in [-0.4, -0.2) is 37.5 Å².